The molecule has 0 aliphatic heterocycles. The van der Waals surface area contributed by atoms with Crippen molar-refractivity contribution < 1.29 is 27.2 Å². The first kappa shape index (κ1) is 22.4. The summed E-state index contributed by atoms with van der Waals surface area (Å²) in [5.41, 5.74) is 0.714. The fourth-order valence-electron chi connectivity index (χ4n) is 2.64. The molecule has 8 nitrogen and oxygen atoms in total. The molecular formula is C21H19ClN2O6S. The molecule has 0 saturated heterocycles. The van der Waals surface area contributed by atoms with E-state index in [2.05, 4.69) is 10.0 Å². The van der Waals surface area contributed by atoms with Crippen LogP contribution < -0.4 is 10.0 Å². The predicted molar refractivity (Wildman–Crippen MR) is 114 cm³/mol. The summed E-state index contributed by atoms with van der Waals surface area (Å²) in [5, 5.41) is 2.92. The minimum absolute atomic E-state index is 0.00379. The smallest absolute Gasteiger partial charge is 0.338 e. The number of sulfonamides is 1. The van der Waals surface area contributed by atoms with E-state index in [1.54, 1.807) is 37.3 Å². The number of hydrogen-bond acceptors (Lipinski definition) is 6. The van der Waals surface area contributed by atoms with E-state index in [4.69, 9.17) is 20.8 Å². The number of amides is 1. The summed E-state index contributed by atoms with van der Waals surface area (Å²) in [5.74, 6) is -0.792. The molecule has 0 bridgehead atoms. The third kappa shape index (κ3) is 6.09. The maximum atomic E-state index is 12.8. The van der Waals surface area contributed by atoms with Crippen LogP contribution in [0.25, 0.3) is 0 Å². The van der Waals surface area contributed by atoms with Gasteiger partial charge in [-0.3, -0.25) is 9.52 Å². The molecule has 2 N–H and O–H groups in total. The number of esters is 1. The van der Waals surface area contributed by atoms with Crippen LogP contribution in [-0.2, 0) is 26.1 Å². The molecule has 1 amide bonds. The average molecular weight is 463 g/mol. The molecule has 2 aromatic carbocycles. The molecule has 10 heteroatoms. The Morgan fingerprint density at radius 3 is 2.61 bits per heavy atom. The highest BCUT2D eigenvalue weighted by atomic mass is 35.5. The summed E-state index contributed by atoms with van der Waals surface area (Å²) in [7, 11) is -3.99. The van der Waals surface area contributed by atoms with Crippen molar-refractivity contribution in [2.24, 2.45) is 0 Å². The SMILES string of the molecule is Cc1ccc(C(=O)OCC(=O)NCc2ccco2)cc1S(=O)(=O)Nc1cccc(Cl)c1. The van der Waals surface area contributed by atoms with Crippen LogP contribution >= 0.6 is 11.6 Å². The number of furan rings is 1. The van der Waals surface area contributed by atoms with Crippen LogP contribution in [-0.4, -0.2) is 26.9 Å². The second-order valence-electron chi connectivity index (χ2n) is 6.53. The van der Waals surface area contributed by atoms with Crippen LogP contribution in [0.5, 0.6) is 0 Å². The molecule has 0 radical (unpaired) electrons. The van der Waals surface area contributed by atoms with Crippen molar-refractivity contribution in [1.82, 2.24) is 5.32 Å². The van der Waals surface area contributed by atoms with E-state index < -0.39 is 28.5 Å². The van der Waals surface area contributed by atoms with Gasteiger partial charge in [-0.2, -0.15) is 0 Å². The van der Waals surface area contributed by atoms with Gasteiger partial charge in [-0.1, -0.05) is 23.7 Å². The zero-order valence-corrected chi connectivity index (χ0v) is 18.0. The first-order valence-electron chi connectivity index (χ1n) is 9.10. The van der Waals surface area contributed by atoms with E-state index in [0.717, 1.165) is 0 Å². The summed E-state index contributed by atoms with van der Waals surface area (Å²) in [4.78, 5) is 24.1. The van der Waals surface area contributed by atoms with Crippen LogP contribution in [0.1, 0.15) is 21.7 Å². The lowest BCUT2D eigenvalue weighted by molar-refractivity contribution is -0.124. The second-order valence-corrected chi connectivity index (χ2v) is 8.62. The molecule has 1 aromatic heterocycles. The van der Waals surface area contributed by atoms with Crippen molar-refractivity contribution in [2.75, 3.05) is 11.3 Å². The Bertz CT molecular complexity index is 1190. The van der Waals surface area contributed by atoms with Crippen LogP contribution in [0, 0.1) is 6.92 Å². The van der Waals surface area contributed by atoms with Gasteiger partial charge in [-0.05, 0) is 55.0 Å². The van der Waals surface area contributed by atoms with E-state index in [9.17, 15) is 18.0 Å². The molecule has 162 valence electrons. The zero-order chi connectivity index (χ0) is 22.4. The predicted octanol–water partition coefficient (Wildman–Crippen LogP) is 3.52. The maximum Gasteiger partial charge on any atom is 0.338 e. The second kappa shape index (κ2) is 9.67. The van der Waals surface area contributed by atoms with Crippen LogP contribution in [0.3, 0.4) is 0 Å². The Morgan fingerprint density at radius 2 is 1.90 bits per heavy atom. The Hall–Kier alpha value is -3.30. The third-order valence-corrected chi connectivity index (χ3v) is 5.92. The van der Waals surface area contributed by atoms with E-state index >= 15 is 0 Å². The third-order valence-electron chi connectivity index (χ3n) is 4.16. The average Bonchev–Trinajstić information content (AvgIpc) is 3.24. The van der Waals surface area contributed by atoms with Crippen LogP contribution in [0.15, 0.2) is 70.2 Å². The molecule has 3 rings (SSSR count). The Balaban J connectivity index is 1.66. The lowest BCUT2D eigenvalue weighted by atomic mass is 10.1. The zero-order valence-electron chi connectivity index (χ0n) is 16.4. The number of hydrogen-bond donors (Lipinski definition) is 2. The van der Waals surface area contributed by atoms with Crippen LogP contribution in [0.4, 0.5) is 5.69 Å². The van der Waals surface area contributed by atoms with Gasteiger partial charge in [0.15, 0.2) is 6.61 Å². The molecule has 31 heavy (non-hydrogen) atoms. The summed E-state index contributed by atoms with van der Waals surface area (Å²) >= 11 is 5.90. The largest absolute Gasteiger partial charge is 0.467 e. The number of carbonyl (C=O) groups excluding carboxylic acids is 2. The first-order valence-corrected chi connectivity index (χ1v) is 11.0. The Kier molecular flexibility index (Phi) is 6.98. The molecule has 0 aliphatic carbocycles. The number of rotatable bonds is 8. The van der Waals surface area contributed by atoms with Crippen molar-refractivity contribution in [1.29, 1.82) is 0 Å². The molecule has 0 aliphatic rings. The monoisotopic (exact) mass is 462 g/mol. The van der Waals surface area contributed by atoms with Gasteiger partial charge in [0.05, 0.1) is 29.0 Å². The Morgan fingerprint density at radius 1 is 1.10 bits per heavy atom. The molecule has 1 heterocycles. The molecule has 0 fully saturated rings. The normalized spacial score (nSPS) is 11.0. The van der Waals surface area contributed by atoms with Gasteiger partial charge in [0, 0.05) is 5.02 Å². The van der Waals surface area contributed by atoms with Gasteiger partial charge in [-0.15, -0.1) is 0 Å². The number of carbonyl (C=O) groups is 2. The number of halogens is 1. The Labute approximate surface area is 184 Å². The van der Waals surface area contributed by atoms with Gasteiger partial charge in [0.1, 0.15) is 5.76 Å². The van der Waals surface area contributed by atoms with Gasteiger partial charge >= 0.3 is 5.97 Å². The fraction of sp³-hybridized carbons (Fsp3) is 0.143. The van der Waals surface area contributed by atoms with Gasteiger partial charge < -0.3 is 14.5 Å². The van der Waals surface area contributed by atoms with Gasteiger partial charge in [0.25, 0.3) is 15.9 Å². The van der Waals surface area contributed by atoms with Gasteiger partial charge in [0.2, 0.25) is 0 Å². The summed E-state index contributed by atoms with van der Waals surface area (Å²) < 4.78 is 38.1. The van der Waals surface area contributed by atoms with Crippen molar-refractivity contribution in [2.45, 2.75) is 18.4 Å². The van der Waals surface area contributed by atoms with E-state index in [1.807, 2.05) is 0 Å². The molecular weight excluding hydrogens is 444 g/mol. The lowest BCUT2D eigenvalue weighted by Crippen LogP contribution is -2.28. The maximum absolute atomic E-state index is 12.8. The van der Waals surface area contributed by atoms with Crippen LogP contribution in [0.2, 0.25) is 5.02 Å². The van der Waals surface area contributed by atoms with Crippen molar-refractivity contribution >= 4 is 39.2 Å². The molecule has 0 atom stereocenters. The number of nitrogens with one attached hydrogen (secondary N) is 2. The van der Waals surface area contributed by atoms with Crippen molar-refractivity contribution in [3.8, 4) is 0 Å². The number of ether oxygens (including phenoxy) is 1. The topological polar surface area (TPSA) is 115 Å². The van der Waals surface area contributed by atoms with E-state index in [0.29, 0.717) is 16.3 Å². The fourth-order valence-corrected chi connectivity index (χ4v) is 4.15. The summed E-state index contributed by atoms with van der Waals surface area (Å²) in [6.45, 7) is 1.24. The number of anilines is 1. The molecule has 3 aromatic rings. The lowest BCUT2D eigenvalue weighted by Gasteiger charge is -2.12. The molecule has 0 spiro atoms. The number of benzene rings is 2. The highest BCUT2D eigenvalue weighted by molar-refractivity contribution is 7.92. The summed E-state index contributed by atoms with van der Waals surface area (Å²) in [6.07, 6.45) is 1.48. The highest BCUT2D eigenvalue weighted by Crippen LogP contribution is 2.23. The first-order chi connectivity index (χ1) is 14.7. The quantitative estimate of drug-likeness (QED) is 0.495. The van der Waals surface area contributed by atoms with Crippen molar-refractivity contribution in [3.05, 3.63) is 82.8 Å². The summed E-state index contributed by atoms with van der Waals surface area (Å²) in [6, 6.07) is 13.7. The van der Waals surface area contributed by atoms with E-state index in [1.165, 1.54) is 30.5 Å². The minimum atomic E-state index is -3.99. The number of aryl methyl sites for hydroxylation is 1. The molecule has 0 saturated carbocycles. The van der Waals surface area contributed by atoms with Gasteiger partial charge in [-0.25, -0.2) is 13.2 Å². The minimum Gasteiger partial charge on any atom is -0.467 e. The standard InChI is InChI=1S/C21H19ClN2O6S/c1-14-7-8-15(21(26)30-13-20(25)23-12-18-6-3-9-29-18)10-19(14)31(27,28)24-17-5-2-4-16(22)11-17/h2-11,24H,12-13H2,1H3,(H,23,25). The van der Waals surface area contributed by atoms with Crippen molar-refractivity contribution in [3.63, 3.8) is 0 Å². The molecule has 0 unspecified atom stereocenters. The van der Waals surface area contributed by atoms with E-state index in [-0.39, 0.29) is 22.7 Å². The highest BCUT2D eigenvalue weighted by Gasteiger charge is 2.20.